The Kier molecular flexibility index (Phi) is 4.69. The van der Waals surface area contributed by atoms with E-state index in [0.29, 0.717) is 12.6 Å². The molecule has 0 bridgehead atoms. The first-order valence-electron chi connectivity index (χ1n) is 6.09. The molecule has 2 aromatic rings. The van der Waals surface area contributed by atoms with Gasteiger partial charge in [-0.25, -0.2) is 8.42 Å². The second-order valence-corrected chi connectivity index (χ2v) is 7.05. The molecule has 8 heteroatoms. The van der Waals surface area contributed by atoms with E-state index in [-0.39, 0.29) is 10.0 Å². The predicted octanol–water partition coefficient (Wildman–Crippen LogP) is 1.84. The summed E-state index contributed by atoms with van der Waals surface area (Å²) in [5.41, 5.74) is 2.39. The first kappa shape index (κ1) is 14.9. The number of anilines is 1. The van der Waals surface area contributed by atoms with E-state index in [1.54, 1.807) is 18.2 Å². The topological polar surface area (TPSA) is 84.0 Å². The number of hydrogen-bond acceptors (Lipinski definition) is 6. The van der Waals surface area contributed by atoms with Crippen LogP contribution in [0.4, 0.5) is 5.13 Å². The van der Waals surface area contributed by atoms with Crippen LogP contribution in [0, 0.1) is 0 Å². The Balaban J connectivity index is 2.17. The first-order valence-corrected chi connectivity index (χ1v) is 8.45. The van der Waals surface area contributed by atoms with E-state index in [1.165, 1.54) is 5.51 Å². The van der Waals surface area contributed by atoms with Crippen LogP contribution >= 0.6 is 11.3 Å². The fraction of sp³-hybridized carbons (Fsp3) is 0.333. The van der Waals surface area contributed by atoms with Gasteiger partial charge in [0.05, 0.1) is 4.90 Å². The van der Waals surface area contributed by atoms with E-state index in [9.17, 15) is 8.42 Å². The molecule has 2 rings (SSSR count). The second-order valence-electron chi connectivity index (χ2n) is 4.53. The van der Waals surface area contributed by atoms with Crippen molar-refractivity contribution in [3.63, 3.8) is 0 Å². The lowest BCUT2D eigenvalue weighted by Crippen LogP contribution is -2.22. The minimum atomic E-state index is -3.61. The molecule has 108 valence electrons. The minimum absolute atomic E-state index is 0.218. The van der Waals surface area contributed by atoms with Gasteiger partial charge in [-0.1, -0.05) is 37.3 Å². The molecule has 2 N–H and O–H groups in total. The molecule has 0 aliphatic carbocycles. The van der Waals surface area contributed by atoms with Crippen LogP contribution in [0.25, 0.3) is 0 Å². The summed E-state index contributed by atoms with van der Waals surface area (Å²) in [6, 6.07) is 7.17. The van der Waals surface area contributed by atoms with E-state index in [1.807, 2.05) is 19.9 Å². The van der Waals surface area contributed by atoms with Crippen LogP contribution in [0.2, 0.25) is 0 Å². The molecule has 0 spiro atoms. The third-order valence-electron chi connectivity index (χ3n) is 2.50. The molecular weight excluding hydrogens is 296 g/mol. The maximum absolute atomic E-state index is 12.2. The van der Waals surface area contributed by atoms with Gasteiger partial charge in [0.25, 0.3) is 10.0 Å². The second kappa shape index (κ2) is 6.29. The summed E-state index contributed by atoms with van der Waals surface area (Å²) in [7, 11) is -3.61. The van der Waals surface area contributed by atoms with Crippen molar-refractivity contribution in [2.24, 2.45) is 0 Å². The van der Waals surface area contributed by atoms with Crippen molar-refractivity contribution in [3.8, 4) is 0 Å². The molecule has 1 heterocycles. The van der Waals surface area contributed by atoms with Crippen LogP contribution in [0.15, 0.2) is 34.7 Å². The van der Waals surface area contributed by atoms with Gasteiger partial charge in [0.1, 0.15) is 5.51 Å². The van der Waals surface area contributed by atoms with Crippen molar-refractivity contribution >= 4 is 26.5 Å². The third-order valence-corrected chi connectivity index (χ3v) is 4.58. The highest BCUT2D eigenvalue weighted by Gasteiger charge is 2.16. The lowest BCUT2D eigenvalue weighted by Gasteiger charge is -2.10. The first-order chi connectivity index (χ1) is 9.47. The van der Waals surface area contributed by atoms with Gasteiger partial charge in [0.15, 0.2) is 0 Å². The van der Waals surface area contributed by atoms with Gasteiger partial charge in [-0.15, -0.1) is 10.2 Å². The molecular formula is C12H16N4O2S2. The zero-order valence-electron chi connectivity index (χ0n) is 11.2. The number of rotatable bonds is 6. The van der Waals surface area contributed by atoms with E-state index in [2.05, 4.69) is 20.2 Å². The molecule has 0 amide bonds. The van der Waals surface area contributed by atoms with Crippen LogP contribution in [-0.4, -0.2) is 24.7 Å². The zero-order valence-corrected chi connectivity index (χ0v) is 12.8. The van der Waals surface area contributed by atoms with Gasteiger partial charge >= 0.3 is 0 Å². The monoisotopic (exact) mass is 312 g/mol. The molecule has 0 unspecified atom stereocenters. The van der Waals surface area contributed by atoms with Crippen molar-refractivity contribution in [1.82, 2.24) is 15.5 Å². The standard InChI is InChI=1S/C12H16N4O2S2/c1-9(2)13-7-10-4-3-5-11(6-10)20(17,18)16-12-15-14-8-19-12/h3-6,8-9,13H,7H2,1-2H3,(H,15,16). The van der Waals surface area contributed by atoms with E-state index < -0.39 is 10.0 Å². The van der Waals surface area contributed by atoms with Crippen molar-refractivity contribution in [2.45, 2.75) is 31.3 Å². The number of aromatic nitrogens is 2. The SMILES string of the molecule is CC(C)NCc1cccc(S(=O)(=O)Nc2nncs2)c1. The summed E-state index contributed by atoms with van der Waals surface area (Å²) in [6.07, 6.45) is 0. The van der Waals surface area contributed by atoms with Crippen LogP contribution in [-0.2, 0) is 16.6 Å². The van der Waals surface area contributed by atoms with Crippen molar-refractivity contribution in [3.05, 3.63) is 35.3 Å². The Morgan fingerprint density at radius 1 is 1.35 bits per heavy atom. The van der Waals surface area contributed by atoms with Gasteiger partial charge < -0.3 is 5.32 Å². The van der Waals surface area contributed by atoms with Gasteiger partial charge in [0.2, 0.25) is 5.13 Å². The molecule has 0 fully saturated rings. The van der Waals surface area contributed by atoms with Crippen molar-refractivity contribution in [2.75, 3.05) is 4.72 Å². The van der Waals surface area contributed by atoms with Crippen molar-refractivity contribution < 1.29 is 8.42 Å². The number of benzene rings is 1. The summed E-state index contributed by atoms with van der Waals surface area (Å²) < 4.78 is 26.8. The molecule has 0 aliphatic rings. The fourth-order valence-corrected chi connectivity index (χ4v) is 3.30. The van der Waals surface area contributed by atoms with Crippen LogP contribution in [0.1, 0.15) is 19.4 Å². The summed E-state index contributed by atoms with van der Waals surface area (Å²) >= 11 is 1.14. The van der Waals surface area contributed by atoms with Crippen LogP contribution < -0.4 is 10.0 Å². The van der Waals surface area contributed by atoms with E-state index >= 15 is 0 Å². The Morgan fingerprint density at radius 3 is 2.80 bits per heavy atom. The number of hydrogen-bond donors (Lipinski definition) is 2. The average Bonchev–Trinajstić information content (AvgIpc) is 2.89. The van der Waals surface area contributed by atoms with Gasteiger partial charge in [-0.05, 0) is 17.7 Å². The normalized spacial score (nSPS) is 11.8. The Labute approximate surface area is 122 Å². The Bertz CT molecular complexity index is 654. The third kappa shape index (κ3) is 3.99. The molecule has 0 aliphatic heterocycles. The average molecular weight is 312 g/mol. The van der Waals surface area contributed by atoms with Crippen LogP contribution in [0.3, 0.4) is 0 Å². The molecule has 0 saturated heterocycles. The highest BCUT2D eigenvalue weighted by atomic mass is 32.2. The summed E-state index contributed by atoms with van der Waals surface area (Å²) in [4.78, 5) is 0.218. The van der Waals surface area contributed by atoms with Crippen LogP contribution in [0.5, 0.6) is 0 Å². The molecule has 20 heavy (non-hydrogen) atoms. The van der Waals surface area contributed by atoms with E-state index in [4.69, 9.17) is 0 Å². The Hall–Kier alpha value is -1.51. The highest BCUT2D eigenvalue weighted by molar-refractivity contribution is 7.93. The summed E-state index contributed by atoms with van der Waals surface area (Å²) in [6.45, 7) is 4.70. The highest BCUT2D eigenvalue weighted by Crippen LogP contribution is 2.17. The molecule has 1 aromatic heterocycles. The molecule has 0 atom stereocenters. The minimum Gasteiger partial charge on any atom is -0.310 e. The Morgan fingerprint density at radius 2 is 2.15 bits per heavy atom. The number of nitrogens with one attached hydrogen (secondary N) is 2. The summed E-state index contributed by atoms with van der Waals surface area (Å²) in [5, 5.41) is 10.8. The lowest BCUT2D eigenvalue weighted by atomic mass is 10.2. The predicted molar refractivity (Wildman–Crippen MR) is 79.1 cm³/mol. The zero-order chi connectivity index (χ0) is 14.6. The molecule has 0 saturated carbocycles. The quantitative estimate of drug-likeness (QED) is 0.850. The number of sulfonamides is 1. The lowest BCUT2D eigenvalue weighted by molar-refractivity contribution is 0.587. The van der Waals surface area contributed by atoms with Gasteiger partial charge in [-0.2, -0.15) is 0 Å². The summed E-state index contributed by atoms with van der Waals surface area (Å²) in [5.74, 6) is 0. The largest absolute Gasteiger partial charge is 0.310 e. The van der Waals surface area contributed by atoms with Crippen molar-refractivity contribution in [1.29, 1.82) is 0 Å². The van der Waals surface area contributed by atoms with Gasteiger partial charge in [-0.3, -0.25) is 4.72 Å². The maximum atomic E-state index is 12.2. The molecule has 6 nitrogen and oxygen atoms in total. The smallest absolute Gasteiger partial charge is 0.263 e. The van der Waals surface area contributed by atoms with Gasteiger partial charge in [0, 0.05) is 12.6 Å². The number of nitrogens with zero attached hydrogens (tertiary/aromatic N) is 2. The van der Waals surface area contributed by atoms with E-state index in [0.717, 1.165) is 16.9 Å². The fourth-order valence-electron chi connectivity index (χ4n) is 1.54. The maximum Gasteiger partial charge on any atom is 0.263 e. The molecule has 0 radical (unpaired) electrons. The molecule has 1 aromatic carbocycles.